The monoisotopic (exact) mass is 376 g/mol. The maximum Gasteiger partial charge on any atom is 0.261 e. The van der Waals surface area contributed by atoms with Crippen molar-refractivity contribution in [1.29, 1.82) is 0 Å². The molecule has 0 aliphatic rings. The van der Waals surface area contributed by atoms with E-state index in [0.717, 1.165) is 0 Å². The second-order valence-electron chi connectivity index (χ2n) is 5.46. The van der Waals surface area contributed by atoms with E-state index < -0.39 is 10.0 Å². The molecule has 0 aliphatic heterocycles. The van der Waals surface area contributed by atoms with Gasteiger partial charge in [0, 0.05) is 18.2 Å². The van der Waals surface area contributed by atoms with Crippen LogP contribution in [0.2, 0.25) is 0 Å². The van der Waals surface area contributed by atoms with Gasteiger partial charge in [-0.15, -0.1) is 0 Å². The lowest BCUT2D eigenvalue weighted by Gasteiger charge is -2.11. The Labute approximate surface area is 152 Å². The van der Waals surface area contributed by atoms with E-state index in [0.29, 0.717) is 17.9 Å². The second kappa shape index (κ2) is 8.48. The van der Waals surface area contributed by atoms with Crippen LogP contribution in [0.5, 0.6) is 5.75 Å². The average molecular weight is 376 g/mol. The van der Waals surface area contributed by atoms with E-state index in [4.69, 9.17) is 4.74 Å². The minimum absolute atomic E-state index is 0.0150. The highest BCUT2D eigenvalue weighted by atomic mass is 32.2. The number of nitrogens with one attached hydrogen (secondary N) is 2. The third-order valence-corrected chi connectivity index (χ3v) is 4.76. The zero-order chi connectivity index (χ0) is 19.2. The first-order chi connectivity index (χ1) is 12.3. The molecule has 2 aromatic rings. The summed E-state index contributed by atoms with van der Waals surface area (Å²) in [5.74, 6) is -0.128. The van der Waals surface area contributed by atoms with Crippen molar-refractivity contribution in [2.24, 2.45) is 0 Å². The van der Waals surface area contributed by atoms with Gasteiger partial charge >= 0.3 is 0 Å². The van der Waals surface area contributed by atoms with E-state index in [1.807, 2.05) is 0 Å². The first-order valence-corrected chi connectivity index (χ1v) is 9.43. The van der Waals surface area contributed by atoms with E-state index in [1.165, 1.54) is 31.2 Å². The third-order valence-electron chi connectivity index (χ3n) is 3.38. The molecular formula is C18H20N2O5S. The molecule has 0 fully saturated rings. The third kappa shape index (κ3) is 5.32. The largest absolute Gasteiger partial charge is 0.484 e. The molecule has 0 bridgehead atoms. The van der Waals surface area contributed by atoms with Crippen molar-refractivity contribution in [2.75, 3.05) is 17.9 Å². The second-order valence-corrected chi connectivity index (χ2v) is 7.14. The molecule has 8 heteroatoms. The number of carbonyl (C=O) groups is 2. The Bertz CT molecular complexity index is 909. The zero-order valence-corrected chi connectivity index (χ0v) is 15.3. The fourth-order valence-electron chi connectivity index (χ4n) is 2.14. The van der Waals surface area contributed by atoms with Crippen molar-refractivity contribution >= 4 is 27.4 Å². The van der Waals surface area contributed by atoms with E-state index in [9.17, 15) is 18.0 Å². The smallest absolute Gasteiger partial charge is 0.261 e. The Morgan fingerprint density at radius 2 is 1.81 bits per heavy atom. The van der Waals surface area contributed by atoms with Gasteiger partial charge in [-0.1, -0.05) is 18.2 Å². The summed E-state index contributed by atoms with van der Waals surface area (Å²) in [6.45, 7) is 3.51. The normalized spacial score (nSPS) is 10.8. The highest BCUT2D eigenvalue weighted by Crippen LogP contribution is 2.21. The molecule has 7 nitrogen and oxygen atoms in total. The van der Waals surface area contributed by atoms with Crippen LogP contribution in [0.25, 0.3) is 0 Å². The van der Waals surface area contributed by atoms with Gasteiger partial charge in [-0.25, -0.2) is 8.42 Å². The maximum absolute atomic E-state index is 12.5. The van der Waals surface area contributed by atoms with Crippen LogP contribution < -0.4 is 14.8 Å². The Kier molecular flexibility index (Phi) is 6.35. The van der Waals surface area contributed by atoms with E-state index >= 15 is 0 Å². The number of rotatable bonds is 8. The first-order valence-electron chi connectivity index (χ1n) is 7.95. The molecule has 26 heavy (non-hydrogen) atoms. The lowest BCUT2D eigenvalue weighted by atomic mass is 10.2. The highest BCUT2D eigenvalue weighted by molar-refractivity contribution is 7.92. The molecule has 2 aromatic carbocycles. The number of Topliss-reactive ketones (excluding diaryl/α,β-unsaturated/α-hetero) is 1. The molecule has 138 valence electrons. The molecule has 1 amide bonds. The Hall–Kier alpha value is -2.87. The standard InChI is InChI=1S/C18H20N2O5S/c1-3-19-18(22)12-25-16-8-5-7-15(11-16)20-26(23,24)17-9-4-6-14(10-17)13(2)21/h4-11,20H,3,12H2,1-2H3,(H,19,22). The summed E-state index contributed by atoms with van der Waals surface area (Å²) < 4.78 is 32.8. The van der Waals surface area contributed by atoms with Gasteiger partial charge in [0.1, 0.15) is 5.75 Å². The minimum Gasteiger partial charge on any atom is -0.484 e. The van der Waals surface area contributed by atoms with Crippen LogP contribution in [0.4, 0.5) is 5.69 Å². The van der Waals surface area contributed by atoms with E-state index in [1.54, 1.807) is 31.2 Å². The van der Waals surface area contributed by atoms with Gasteiger partial charge in [-0.05, 0) is 38.1 Å². The van der Waals surface area contributed by atoms with Crippen molar-refractivity contribution < 1.29 is 22.7 Å². The van der Waals surface area contributed by atoms with Gasteiger partial charge < -0.3 is 10.1 Å². The first kappa shape index (κ1) is 19.5. The molecule has 0 saturated carbocycles. The maximum atomic E-state index is 12.5. The Balaban J connectivity index is 2.14. The molecular weight excluding hydrogens is 356 g/mol. The molecule has 0 radical (unpaired) electrons. The zero-order valence-electron chi connectivity index (χ0n) is 14.5. The predicted octanol–water partition coefficient (Wildman–Crippen LogP) is 2.20. The van der Waals surface area contributed by atoms with Gasteiger partial charge in [0.25, 0.3) is 15.9 Å². The van der Waals surface area contributed by atoms with Gasteiger partial charge in [0.2, 0.25) is 0 Å². The number of ether oxygens (including phenoxy) is 1. The molecule has 0 atom stereocenters. The number of ketones is 1. The van der Waals surface area contributed by atoms with Crippen LogP contribution >= 0.6 is 0 Å². The fourth-order valence-corrected chi connectivity index (χ4v) is 3.24. The van der Waals surface area contributed by atoms with Crippen LogP contribution in [-0.2, 0) is 14.8 Å². The average Bonchev–Trinajstić information content (AvgIpc) is 2.60. The SMILES string of the molecule is CCNC(=O)COc1cccc(NS(=O)(=O)c2cccc(C(C)=O)c2)c1. The molecule has 0 saturated heterocycles. The molecule has 2 rings (SSSR count). The molecule has 0 spiro atoms. The number of benzene rings is 2. The highest BCUT2D eigenvalue weighted by Gasteiger charge is 2.16. The molecule has 0 heterocycles. The molecule has 0 aromatic heterocycles. The molecule has 0 unspecified atom stereocenters. The summed E-state index contributed by atoms with van der Waals surface area (Å²) in [6, 6.07) is 12.1. The lowest BCUT2D eigenvalue weighted by Crippen LogP contribution is -2.28. The van der Waals surface area contributed by atoms with Gasteiger partial charge in [0.15, 0.2) is 12.4 Å². The van der Waals surface area contributed by atoms with Crippen molar-refractivity contribution in [3.8, 4) is 5.75 Å². The number of amides is 1. The number of likely N-dealkylation sites (N-methyl/N-ethyl adjacent to an activating group) is 1. The van der Waals surface area contributed by atoms with Crippen molar-refractivity contribution in [3.05, 3.63) is 54.1 Å². The number of anilines is 1. The quantitative estimate of drug-likeness (QED) is 0.688. The van der Waals surface area contributed by atoms with Crippen LogP contribution in [0.3, 0.4) is 0 Å². The summed E-state index contributed by atoms with van der Waals surface area (Å²) in [5.41, 5.74) is 0.596. The van der Waals surface area contributed by atoms with Crippen LogP contribution in [-0.4, -0.2) is 33.3 Å². The predicted molar refractivity (Wildman–Crippen MR) is 97.9 cm³/mol. The van der Waals surface area contributed by atoms with Gasteiger partial charge in [-0.3, -0.25) is 14.3 Å². The number of sulfonamides is 1. The Morgan fingerprint density at radius 1 is 1.08 bits per heavy atom. The van der Waals surface area contributed by atoms with Gasteiger partial charge in [0.05, 0.1) is 10.6 Å². The summed E-state index contributed by atoms with van der Waals surface area (Å²) >= 11 is 0. The van der Waals surface area contributed by atoms with Crippen molar-refractivity contribution in [1.82, 2.24) is 5.32 Å². The topological polar surface area (TPSA) is 102 Å². The molecule has 2 N–H and O–H groups in total. The fraction of sp³-hybridized carbons (Fsp3) is 0.222. The lowest BCUT2D eigenvalue weighted by molar-refractivity contribution is -0.122. The van der Waals surface area contributed by atoms with Gasteiger partial charge in [-0.2, -0.15) is 0 Å². The van der Waals surface area contributed by atoms with E-state index in [-0.39, 0.29) is 28.9 Å². The summed E-state index contributed by atoms with van der Waals surface area (Å²) in [6.07, 6.45) is 0. The number of hydrogen-bond donors (Lipinski definition) is 2. The summed E-state index contributed by atoms with van der Waals surface area (Å²) in [5, 5.41) is 2.60. The Morgan fingerprint density at radius 3 is 2.50 bits per heavy atom. The number of hydrogen-bond acceptors (Lipinski definition) is 5. The van der Waals surface area contributed by atoms with Crippen LogP contribution in [0, 0.1) is 0 Å². The number of carbonyl (C=O) groups excluding carboxylic acids is 2. The van der Waals surface area contributed by atoms with Crippen molar-refractivity contribution in [3.63, 3.8) is 0 Å². The summed E-state index contributed by atoms with van der Waals surface area (Å²) in [7, 11) is -3.86. The minimum atomic E-state index is -3.86. The van der Waals surface area contributed by atoms with Crippen molar-refractivity contribution in [2.45, 2.75) is 18.7 Å². The van der Waals surface area contributed by atoms with E-state index in [2.05, 4.69) is 10.0 Å². The van der Waals surface area contributed by atoms with Crippen LogP contribution in [0.1, 0.15) is 24.2 Å². The summed E-state index contributed by atoms with van der Waals surface area (Å²) in [4.78, 5) is 22.8. The van der Waals surface area contributed by atoms with Crippen LogP contribution in [0.15, 0.2) is 53.4 Å². The molecule has 0 aliphatic carbocycles.